The second-order valence-electron chi connectivity index (χ2n) is 4.86. The number of rotatable bonds is 0. The summed E-state index contributed by atoms with van der Waals surface area (Å²) in [7, 11) is 1.85. The molecule has 1 amide bonds. The third-order valence-electron chi connectivity index (χ3n) is 3.94. The number of nitrogens with zero attached hydrogens (tertiary/aromatic N) is 3. The quantitative estimate of drug-likeness (QED) is 0.688. The Kier molecular flexibility index (Phi) is 1.77. The van der Waals surface area contributed by atoms with Crippen LogP contribution in [0.25, 0.3) is 10.9 Å². The number of aromatic nitrogens is 1. The number of hydrogen-bond acceptors (Lipinski definition) is 2. The Labute approximate surface area is 105 Å². The third kappa shape index (κ3) is 1.05. The van der Waals surface area contributed by atoms with Crippen LogP contribution >= 0.6 is 0 Å². The maximum absolute atomic E-state index is 12.1. The van der Waals surface area contributed by atoms with Gasteiger partial charge in [-0.15, -0.1) is 0 Å². The predicted molar refractivity (Wildman–Crippen MR) is 71.5 cm³/mol. The molecular formula is C14H13N3O. The van der Waals surface area contributed by atoms with E-state index >= 15 is 0 Å². The summed E-state index contributed by atoms with van der Waals surface area (Å²) >= 11 is 0. The zero-order chi connectivity index (χ0) is 12.3. The van der Waals surface area contributed by atoms with Gasteiger partial charge in [-0.3, -0.25) is 9.79 Å². The lowest BCUT2D eigenvalue weighted by molar-refractivity contribution is -0.119. The van der Waals surface area contributed by atoms with Gasteiger partial charge in [0.05, 0.1) is 11.2 Å². The van der Waals surface area contributed by atoms with Crippen LogP contribution in [0.3, 0.4) is 0 Å². The normalized spacial score (nSPS) is 17.4. The van der Waals surface area contributed by atoms with Crippen LogP contribution in [0.4, 0.5) is 5.69 Å². The molecule has 0 saturated heterocycles. The highest BCUT2D eigenvalue weighted by molar-refractivity contribution is 6.11. The minimum absolute atomic E-state index is 0.149. The average Bonchev–Trinajstić information content (AvgIpc) is 2.72. The highest BCUT2D eigenvalue weighted by atomic mass is 16.2. The molecule has 3 heterocycles. The van der Waals surface area contributed by atoms with E-state index in [1.54, 1.807) is 4.90 Å². The number of aliphatic imine (C=N–C) groups is 1. The summed E-state index contributed by atoms with van der Waals surface area (Å²) in [4.78, 5) is 18.2. The van der Waals surface area contributed by atoms with Gasteiger partial charge in [-0.1, -0.05) is 12.1 Å². The van der Waals surface area contributed by atoms with Crippen molar-refractivity contribution in [1.29, 1.82) is 0 Å². The Morgan fingerprint density at radius 3 is 3.11 bits per heavy atom. The number of fused-ring (bicyclic) bond motifs is 3. The molecule has 2 aromatic rings. The summed E-state index contributed by atoms with van der Waals surface area (Å²) in [5.41, 5.74) is 4.64. The Bertz CT molecular complexity index is 711. The van der Waals surface area contributed by atoms with E-state index in [4.69, 9.17) is 0 Å². The van der Waals surface area contributed by atoms with Crippen LogP contribution in [0, 0.1) is 0 Å². The zero-order valence-electron chi connectivity index (χ0n) is 10.2. The lowest BCUT2D eigenvalue weighted by Gasteiger charge is -2.26. The van der Waals surface area contributed by atoms with Crippen molar-refractivity contribution in [3.8, 4) is 0 Å². The molecule has 4 heteroatoms. The van der Waals surface area contributed by atoms with E-state index in [9.17, 15) is 4.79 Å². The molecule has 0 atom stereocenters. The first-order valence-corrected chi connectivity index (χ1v) is 6.18. The van der Waals surface area contributed by atoms with Crippen molar-refractivity contribution in [3.63, 3.8) is 0 Å². The fourth-order valence-electron chi connectivity index (χ4n) is 3.03. The molecule has 0 radical (unpaired) electrons. The molecule has 4 rings (SSSR count). The Morgan fingerprint density at radius 2 is 2.22 bits per heavy atom. The molecule has 0 N–H and O–H groups in total. The number of likely N-dealkylation sites (N-methyl/N-ethyl adjacent to an activating group) is 1. The monoisotopic (exact) mass is 239 g/mol. The van der Waals surface area contributed by atoms with Crippen molar-refractivity contribution < 1.29 is 4.79 Å². The minimum Gasteiger partial charge on any atom is -0.333 e. The van der Waals surface area contributed by atoms with Crippen LogP contribution in [0.1, 0.15) is 11.3 Å². The Balaban J connectivity index is 2.18. The molecule has 0 spiro atoms. The van der Waals surface area contributed by atoms with Crippen molar-refractivity contribution in [1.82, 2.24) is 4.57 Å². The van der Waals surface area contributed by atoms with Gasteiger partial charge in [0.15, 0.2) is 0 Å². The van der Waals surface area contributed by atoms with E-state index < -0.39 is 0 Å². The van der Waals surface area contributed by atoms with Gasteiger partial charge in [-0.25, -0.2) is 0 Å². The van der Waals surface area contributed by atoms with Gasteiger partial charge in [0.25, 0.3) is 0 Å². The molecule has 0 fully saturated rings. The highest BCUT2D eigenvalue weighted by Crippen LogP contribution is 2.36. The van der Waals surface area contributed by atoms with Gasteiger partial charge in [0, 0.05) is 42.9 Å². The molecule has 0 saturated carbocycles. The zero-order valence-corrected chi connectivity index (χ0v) is 10.2. The van der Waals surface area contributed by atoms with E-state index in [1.165, 1.54) is 22.2 Å². The van der Waals surface area contributed by atoms with Crippen molar-refractivity contribution in [2.45, 2.75) is 13.0 Å². The van der Waals surface area contributed by atoms with Crippen molar-refractivity contribution in [3.05, 3.63) is 29.5 Å². The van der Waals surface area contributed by atoms with Crippen molar-refractivity contribution in [2.75, 3.05) is 18.5 Å². The molecule has 0 bridgehead atoms. The highest BCUT2D eigenvalue weighted by Gasteiger charge is 2.28. The van der Waals surface area contributed by atoms with Gasteiger partial charge in [0.2, 0.25) is 5.91 Å². The summed E-state index contributed by atoms with van der Waals surface area (Å²) in [5, 5.41) is 1.21. The number of hydrogen-bond donors (Lipinski definition) is 0. The van der Waals surface area contributed by atoms with Crippen LogP contribution in [0.5, 0.6) is 0 Å². The van der Waals surface area contributed by atoms with Crippen LogP contribution < -0.4 is 4.90 Å². The number of para-hydroxylation sites is 1. The maximum Gasteiger partial charge on any atom is 0.246 e. The maximum atomic E-state index is 12.1. The molecular weight excluding hydrogens is 226 g/mol. The van der Waals surface area contributed by atoms with Crippen molar-refractivity contribution >= 4 is 28.7 Å². The molecule has 1 aromatic heterocycles. The number of benzene rings is 1. The first-order valence-electron chi connectivity index (χ1n) is 6.18. The summed E-state index contributed by atoms with van der Waals surface area (Å²) < 4.78 is 2.17. The van der Waals surface area contributed by atoms with E-state index in [1.807, 2.05) is 25.4 Å². The summed E-state index contributed by atoms with van der Waals surface area (Å²) in [5.74, 6) is 0.149. The number of anilines is 1. The molecule has 0 unspecified atom stereocenters. The van der Waals surface area contributed by atoms with Gasteiger partial charge >= 0.3 is 0 Å². The standard InChI is InChI=1S/C14H13N3O/c1-16-12-4-2-3-9-10-7-15-6-5-11(10)17(14(9)12)8-13(16)18/h2-4,7H,5-6,8H2,1H3. The van der Waals surface area contributed by atoms with Gasteiger partial charge in [0.1, 0.15) is 6.54 Å². The van der Waals surface area contributed by atoms with Crippen LogP contribution in [0.15, 0.2) is 23.2 Å². The Hall–Kier alpha value is -2.10. The second kappa shape index (κ2) is 3.22. The van der Waals surface area contributed by atoms with Crippen LogP contribution in [-0.4, -0.2) is 30.3 Å². The molecule has 18 heavy (non-hydrogen) atoms. The molecule has 2 aliphatic rings. The summed E-state index contributed by atoms with van der Waals surface area (Å²) in [6, 6.07) is 6.15. The topological polar surface area (TPSA) is 37.6 Å². The first-order chi connectivity index (χ1) is 8.77. The fourth-order valence-corrected chi connectivity index (χ4v) is 3.03. The average molecular weight is 239 g/mol. The van der Waals surface area contributed by atoms with Crippen LogP contribution in [0.2, 0.25) is 0 Å². The second-order valence-corrected chi connectivity index (χ2v) is 4.86. The number of carbonyl (C=O) groups is 1. The Morgan fingerprint density at radius 1 is 1.33 bits per heavy atom. The molecule has 1 aromatic carbocycles. The number of carbonyl (C=O) groups excluding carboxylic acids is 1. The summed E-state index contributed by atoms with van der Waals surface area (Å²) in [6.45, 7) is 1.27. The third-order valence-corrected chi connectivity index (χ3v) is 3.94. The minimum atomic E-state index is 0.149. The van der Waals surface area contributed by atoms with Crippen molar-refractivity contribution in [2.24, 2.45) is 4.99 Å². The molecule has 2 aliphatic heterocycles. The van der Waals surface area contributed by atoms with E-state index in [-0.39, 0.29) is 5.91 Å². The summed E-state index contributed by atoms with van der Waals surface area (Å²) in [6.07, 6.45) is 2.88. The smallest absolute Gasteiger partial charge is 0.246 e. The van der Waals surface area contributed by atoms with Gasteiger partial charge in [-0.05, 0) is 6.07 Å². The largest absolute Gasteiger partial charge is 0.333 e. The number of amides is 1. The lowest BCUT2D eigenvalue weighted by atomic mass is 10.1. The van der Waals surface area contributed by atoms with E-state index in [2.05, 4.69) is 15.6 Å². The van der Waals surface area contributed by atoms with Gasteiger partial charge in [-0.2, -0.15) is 0 Å². The first kappa shape index (κ1) is 9.88. The SMILES string of the molecule is CN1C(=O)Cn2c3c(c4cccc1c42)C=NCC3. The fraction of sp³-hybridized carbons (Fsp3) is 0.286. The lowest BCUT2D eigenvalue weighted by Crippen LogP contribution is -2.34. The molecule has 4 nitrogen and oxygen atoms in total. The van der Waals surface area contributed by atoms with E-state index in [0.29, 0.717) is 6.54 Å². The predicted octanol–water partition coefficient (Wildman–Crippen LogP) is 1.59. The van der Waals surface area contributed by atoms with Gasteiger partial charge < -0.3 is 9.47 Å². The molecule has 90 valence electrons. The molecule has 0 aliphatic carbocycles. The van der Waals surface area contributed by atoms with Crippen LogP contribution in [-0.2, 0) is 17.8 Å². The van der Waals surface area contributed by atoms with E-state index in [0.717, 1.165) is 18.7 Å².